The monoisotopic (exact) mass is 736 g/mol. The van der Waals surface area contributed by atoms with E-state index in [2.05, 4.69) is 27.8 Å². The fourth-order valence-corrected chi connectivity index (χ4v) is 6.89. The average molecular weight is 737 g/mol. The number of rotatable bonds is 15. The number of unbranched alkanes of at least 4 members (excludes halogenated alkanes) is 1. The second kappa shape index (κ2) is 18.0. The topological polar surface area (TPSA) is 174 Å². The molecular weight excluding hydrogens is 676 g/mol. The summed E-state index contributed by atoms with van der Waals surface area (Å²) in [6.07, 6.45) is 3.67. The molecule has 0 radical (unpaired) electrons. The van der Waals surface area contributed by atoms with Crippen molar-refractivity contribution < 1.29 is 33.6 Å². The van der Waals surface area contributed by atoms with Crippen LogP contribution in [0.2, 0.25) is 0 Å². The lowest BCUT2D eigenvalue weighted by Crippen LogP contribution is -2.62. The summed E-state index contributed by atoms with van der Waals surface area (Å²) in [5.74, 6) is -3.58. The van der Waals surface area contributed by atoms with Gasteiger partial charge in [0.15, 0.2) is 0 Å². The van der Waals surface area contributed by atoms with Crippen LogP contribution in [0.15, 0.2) is 36.9 Å². The molecule has 53 heavy (non-hydrogen) atoms. The van der Waals surface area contributed by atoms with Gasteiger partial charge in [0, 0.05) is 25.2 Å². The minimum Gasteiger partial charge on any atom is -0.346 e. The first-order chi connectivity index (χ1) is 24.7. The maximum Gasteiger partial charge on any atom is 0.315 e. The van der Waals surface area contributed by atoms with E-state index in [-0.39, 0.29) is 50.2 Å². The van der Waals surface area contributed by atoms with Crippen molar-refractivity contribution in [3.05, 3.63) is 48.0 Å². The van der Waals surface area contributed by atoms with Crippen LogP contribution in [0.5, 0.6) is 0 Å². The summed E-state index contributed by atoms with van der Waals surface area (Å²) in [6.45, 7) is 20.8. The highest BCUT2D eigenvalue weighted by molar-refractivity contribution is 6.38. The number of benzene rings is 1. The zero-order valence-corrected chi connectivity index (χ0v) is 33.0. The van der Waals surface area contributed by atoms with Crippen LogP contribution >= 0.6 is 0 Å². The fourth-order valence-electron chi connectivity index (χ4n) is 6.89. The molecule has 2 aliphatic heterocycles. The van der Waals surface area contributed by atoms with Crippen molar-refractivity contribution in [2.75, 3.05) is 19.6 Å². The molecule has 0 saturated carbocycles. The Morgan fingerprint density at radius 1 is 0.962 bits per heavy atom. The average Bonchev–Trinajstić information content (AvgIpc) is 3.53. The number of imide groups is 1. The van der Waals surface area contributed by atoms with E-state index in [1.54, 1.807) is 24.3 Å². The highest BCUT2D eigenvalue weighted by Gasteiger charge is 2.48. The maximum absolute atomic E-state index is 14.5. The van der Waals surface area contributed by atoms with Crippen LogP contribution in [0.4, 0.5) is 4.79 Å². The Bertz CT molecular complexity index is 1560. The molecule has 13 heteroatoms. The van der Waals surface area contributed by atoms with Gasteiger partial charge in [-0.2, -0.15) is 0 Å². The predicted octanol–water partition coefficient (Wildman–Crippen LogP) is 3.76. The third kappa shape index (κ3) is 10.8. The van der Waals surface area contributed by atoms with E-state index in [0.717, 1.165) is 6.42 Å². The van der Waals surface area contributed by atoms with Gasteiger partial charge in [0.05, 0.1) is 18.5 Å². The molecule has 1 fully saturated rings. The third-order valence-corrected chi connectivity index (χ3v) is 10.2. The smallest absolute Gasteiger partial charge is 0.315 e. The standard InChI is InChI=1S/C40H60N6O7/c1-11-13-18-28(32(48)35(50)41-20-12-2)42-34(49)31-26(24(3)4)19-21-45(31)37(52)33(40(8,9)10)44-38(53)43-29(39(5,6)7)23-46-30(47)22-25-16-14-15-17-27(25)36(46)51/h12,14-17,24,26,28-29,31,33H,2,11,13,18-23H2,1,3-10H3,(H,41,50)(H,42,49)(H2,43,44,53)/t26-,28?,29-,31+,33-/m1/s1. The van der Waals surface area contributed by atoms with Gasteiger partial charge in [0.2, 0.25) is 23.5 Å². The number of carbonyl (C=O) groups excluding carboxylic acids is 7. The molecule has 0 bridgehead atoms. The molecule has 1 saturated heterocycles. The predicted molar refractivity (Wildman–Crippen MR) is 202 cm³/mol. The van der Waals surface area contributed by atoms with Crippen molar-refractivity contribution in [1.82, 2.24) is 31.1 Å². The number of nitrogens with one attached hydrogen (secondary N) is 4. The van der Waals surface area contributed by atoms with Crippen LogP contribution < -0.4 is 21.3 Å². The summed E-state index contributed by atoms with van der Waals surface area (Å²) < 4.78 is 0. The van der Waals surface area contributed by atoms with Gasteiger partial charge in [-0.05, 0) is 47.1 Å². The van der Waals surface area contributed by atoms with Crippen molar-refractivity contribution in [2.24, 2.45) is 22.7 Å². The molecule has 0 aliphatic carbocycles. The van der Waals surface area contributed by atoms with Crippen LogP contribution in [0, 0.1) is 22.7 Å². The number of likely N-dealkylation sites (tertiary alicyclic amines) is 1. The molecule has 1 aromatic rings. The van der Waals surface area contributed by atoms with E-state index in [0.29, 0.717) is 24.0 Å². The van der Waals surface area contributed by atoms with Crippen molar-refractivity contribution in [3.63, 3.8) is 0 Å². The highest BCUT2D eigenvalue weighted by atomic mass is 16.2. The van der Waals surface area contributed by atoms with E-state index in [1.165, 1.54) is 15.9 Å². The van der Waals surface area contributed by atoms with Gasteiger partial charge in [0.25, 0.3) is 11.8 Å². The third-order valence-electron chi connectivity index (χ3n) is 10.2. The minimum atomic E-state index is -1.07. The first kappa shape index (κ1) is 42.9. The van der Waals surface area contributed by atoms with Crippen molar-refractivity contribution in [3.8, 4) is 0 Å². The number of ketones is 1. The molecule has 1 aromatic carbocycles. The minimum absolute atomic E-state index is 0.00768. The highest BCUT2D eigenvalue weighted by Crippen LogP contribution is 2.34. The molecule has 7 amide bonds. The van der Waals surface area contributed by atoms with Gasteiger partial charge < -0.3 is 26.2 Å². The normalized spacial score (nSPS) is 19.2. The lowest BCUT2D eigenvalue weighted by Gasteiger charge is -2.39. The zero-order chi connectivity index (χ0) is 39.8. The van der Waals surface area contributed by atoms with Gasteiger partial charge in [-0.15, -0.1) is 6.58 Å². The Balaban J connectivity index is 1.85. The first-order valence-corrected chi connectivity index (χ1v) is 18.8. The van der Waals surface area contributed by atoms with Crippen LogP contribution in [0.3, 0.4) is 0 Å². The van der Waals surface area contributed by atoms with Crippen LogP contribution in [0.25, 0.3) is 0 Å². The van der Waals surface area contributed by atoms with E-state index in [1.807, 2.05) is 62.3 Å². The molecule has 2 aliphatic rings. The molecular formula is C40H60N6O7. The Hall–Kier alpha value is -4.55. The summed E-state index contributed by atoms with van der Waals surface area (Å²) in [6, 6.07) is 2.55. The van der Waals surface area contributed by atoms with Gasteiger partial charge in [-0.25, -0.2) is 4.79 Å². The number of nitrogens with zero attached hydrogens (tertiary/aromatic N) is 2. The second-order valence-electron chi connectivity index (χ2n) is 16.7. The molecule has 5 atom stereocenters. The summed E-state index contributed by atoms with van der Waals surface area (Å²) in [5, 5.41) is 11.1. The molecule has 0 spiro atoms. The maximum atomic E-state index is 14.5. The molecule has 2 heterocycles. The summed E-state index contributed by atoms with van der Waals surface area (Å²) in [5.41, 5.74) is -0.279. The van der Waals surface area contributed by atoms with E-state index < -0.39 is 70.4 Å². The van der Waals surface area contributed by atoms with Crippen molar-refractivity contribution in [1.29, 1.82) is 0 Å². The molecule has 4 N–H and O–H groups in total. The summed E-state index contributed by atoms with van der Waals surface area (Å²) in [4.78, 5) is 97.2. The molecule has 0 aromatic heterocycles. The molecule has 1 unspecified atom stereocenters. The van der Waals surface area contributed by atoms with Crippen LogP contribution in [-0.4, -0.2) is 95.0 Å². The van der Waals surface area contributed by atoms with Crippen molar-refractivity contribution in [2.45, 2.75) is 119 Å². The van der Waals surface area contributed by atoms with E-state index >= 15 is 0 Å². The van der Waals surface area contributed by atoms with E-state index in [4.69, 9.17) is 0 Å². The largest absolute Gasteiger partial charge is 0.346 e. The number of fused-ring (bicyclic) bond motifs is 1. The summed E-state index contributed by atoms with van der Waals surface area (Å²) >= 11 is 0. The first-order valence-electron chi connectivity index (χ1n) is 18.8. The lowest BCUT2D eigenvalue weighted by atomic mass is 9.84. The van der Waals surface area contributed by atoms with Gasteiger partial charge >= 0.3 is 6.03 Å². The SMILES string of the molecule is C=CCNC(=O)C(=O)C(CCCC)NC(=O)[C@@H]1[C@@H](C(C)C)CCN1C(=O)[C@@H](NC(=O)N[C@H](CN1C(=O)Cc2ccccc2C1=O)C(C)(C)C)C(C)(C)C. The number of Topliss-reactive ketones (excluding diaryl/α,β-unsaturated/α-hetero) is 1. The van der Waals surface area contributed by atoms with Gasteiger partial charge in [-0.1, -0.05) is 99.4 Å². The second-order valence-corrected chi connectivity index (χ2v) is 16.7. The van der Waals surface area contributed by atoms with Crippen molar-refractivity contribution >= 4 is 41.4 Å². The number of urea groups is 1. The number of amides is 7. The number of carbonyl (C=O) groups is 7. The van der Waals surface area contributed by atoms with E-state index in [9.17, 15) is 33.6 Å². The molecule has 13 nitrogen and oxygen atoms in total. The number of hydrogen-bond donors (Lipinski definition) is 4. The number of hydrogen-bond acceptors (Lipinski definition) is 7. The molecule has 292 valence electrons. The fraction of sp³-hybridized carbons (Fsp3) is 0.625. The van der Waals surface area contributed by atoms with Crippen LogP contribution in [0.1, 0.15) is 104 Å². The Morgan fingerprint density at radius 3 is 2.21 bits per heavy atom. The molecule has 3 rings (SSSR count). The Kier molecular flexibility index (Phi) is 14.5. The summed E-state index contributed by atoms with van der Waals surface area (Å²) in [7, 11) is 0. The zero-order valence-electron chi connectivity index (χ0n) is 33.0. The van der Waals surface area contributed by atoms with Gasteiger partial charge in [-0.3, -0.25) is 33.7 Å². The Morgan fingerprint density at radius 2 is 1.62 bits per heavy atom. The van der Waals surface area contributed by atoms with Gasteiger partial charge in [0.1, 0.15) is 12.1 Å². The lowest BCUT2D eigenvalue weighted by molar-refractivity contribution is -0.144. The van der Waals surface area contributed by atoms with Crippen LogP contribution in [-0.2, 0) is 30.4 Å². The Labute approximate surface area is 314 Å². The quantitative estimate of drug-likeness (QED) is 0.121.